The Hall–Kier alpha value is -2.82. The van der Waals surface area contributed by atoms with Gasteiger partial charge in [-0.3, -0.25) is 20.4 Å². The molecule has 3 aromatic carbocycles. The van der Waals surface area contributed by atoms with E-state index in [2.05, 4.69) is 49.0 Å². The van der Waals surface area contributed by atoms with Crippen molar-refractivity contribution < 1.29 is 9.59 Å². The van der Waals surface area contributed by atoms with Crippen LogP contribution in [0.3, 0.4) is 0 Å². The molecule has 0 aromatic heterocycles. The average Bonchev–Trinajstić information content (AvgIpc) is 3.29. The van der Waals surface area contributed by atoms with Crippen molar-refractivity contribution in [2.24, 2.45) is 0 Å². The summed E-state index contributed by atoms with van der Waals surface area (Å²) in [6.07, 6.45) is 16.5. The third kappa shape index (κ3) is 7.83. The maximum atomic E-state index is 13.5. The van der Waals surface area contributed by atoms with Gasteiger partial charge in [0.25, 0.3) is 11.8 Å². The average molecular weight is 622 g/mol. The summed E-state index contributed by atoms with van der Waals surface area (Å²) in [6.45, 7) is 4.49. The van der Waals surface area contributed by atoms with Crippen LogP contribution >= 0.6 is 23.2 Å². The van der Waals surface area contributed by atoms with Gasteiger partial charge < -0.3 is 0 Å². The van der Waals surface area contributed by atoms with Gasteiger partial charge >= 0.3 is 0 Å². The van der Waals surface area contributed by atoms with E-state index in [-0.39, 0.29) is 16.0 Å². The van der Waals surface area contributed by atoms with E-state index in [1.54, 1.807) is 24.3 Å². The topological polar surface area (TPSA) is 58.2 Å². The lowest BCUT2D eigenvalue weighted by Crippen LogP contribution is -2.42. The van der Waals surface area contributed by atoms with E-state index in [9.17, 15) is 9.59 Å². The highest BCUT2D eigenvalue weighted by Gasteiger charge is 2.45. The lowest BCUT2D eigenvalue weighted by Gasteiger charge is -2.34. The number of carbonyl (C=O) groups excluding carboxylic acids is 2. The van der Waals surface area contributed by atoms with E-state index in [1.165, 1.54) is 69.8 Å². The van der Waals surface area contributed by atoms with E-state index in [0.717, 1.165) is 42.4 Å². The van der Waals surface area contributed by atoms with E-state index in [1.807, 2.05) is 12.1 Å². The van der Waals surface area contributed by atoms with Crippen LogP contribution in [0.4, 0.5) is 0 Å². The molecule has 4 nitrogen and oxygen atoms in total. The zero-order valence-electron chi connectivity index (χ0n) is 25.7. The fraction of sp³-hybridized carbons (Fsp3) is 0.459. The normalized spacial score (nSPS) is 12.9. The second kappa shape index (κ2) is 16.3. The van der Waals surface area contributed by atoms with E-state index in [0.29, 0.717) is 10.6 Å². The first kappa shape index (κ1) is 33.1. The highest BCUT2D eigenvalue weighted by molar-refractivity contribution is 6.41. The number of rotatable bonds is 16. The molecule has 4 rings (SSSR count). The fourth-order valence-corrected chi connectivity index (χ4v) is 7.48. The first-order valence-corrected chi connectivity index (χ1v) is 17.0. The largest absolute Gasteiger partial charge is 0.272 e. The molecule has 0 saturated carbocycles. The van der Waals surface area contributed by atoms with Crippen molar-refractivity contribution in [2.75, 3.05) is 0 Å². The van der Waals surface area contributed by atoms with Crippen LogP contribution in [0.5, 0.6) is 0 Å². The Bertz CT molecular complexity index is 1360. The number of hydrogen-bond donors (Lipinski definition) is 2. The molecule has 1 aliphatic carbocycles. The Morgan fingerprint density at radius 1 is 0.651 bits per heavy atom. The summed E-state index contributed by atoms with van der Waals surface area (Å²) in [5.41, 5.74) is 9.92. The van der Waals surface area contributed by atoms with Gasteiger partial charge in [0.05, 0.1) is 15.6 Å². The van der Waals surface area contributed by atoms with Crippen LogP contribution in [0, 0.1) is 0 Å². The van der Waals surface area contributed by atoms with Gasteiger partial charge in [-0.2, -0.15) is 0 Å². The molecule has 0 atom stereocenters. The molecule has 0 fully saturated rings. The molecule has 0 saturated heterocycles. The van der Waals surface area contributed by atoms with Gasteiger partial charge in [-0.15, -0.1) is 0 Å². The third-order valence-electron chi connectivity index (χ3n) is 8.90. The minimum atomic E-state index is -0.522. The fourth-order valence-electron chi connectivity index (χ4n) is 6.67. The van der Waals surface area contributed by atoms with Crippen molar-refractivity contribution in [1.82, 2.24) is 10.9 Å². The molecule has 0 heterocycles. The Balaban J connectivity index is 1.67. The molecule has 0 unspecified atom stereocenters. The van der Waals surface area contributed by atoms with Gasteiger partial charge in [-0.1, -0.05) is 157 Å². The zero-order chi connectivity index (χ0) is 30.7. The van der Waals surface area contributed by atoms with Crippen LogP contribution in [0.15, 0.2) is 60.7 Å². The number of carbonyl (C=O) groups is 2. The molecule has 0 bridgehead atoms. The number of amides is 2. The van der Waals surface area contributed by atoms with Crippen LogP contribution in [0.25, 0.3) is 11.1 Å². The molecule has 0 aliphatic heterocycles. The zero-order valence-corrected chi connectivity index (χ0v) is 27.3. The Morgan fingerprint density at radius 2 is 1.19 bits per heavy atom. The van der Waals surface area contributed by atoms with E-state index in [4.69, 9.17) is 23.2 Å². The maximum absolute atomic E-state index is 13.5. The van der Waals surface area contributed by atoms with Crippen LogP contribution in [0.2, 0.25) is 10.0 Å². The van der Waals surface area contributed by atoms with Crippen molar-refractivity contribution in [3.63, 3.8) is 0 Å². The second-order valence-corrected chi connectivity index (χ2v) is 12.7. The number of fused-ring (bicyclic) bond motifs is 3. The summed E-state index contributed by atoms with van der Waals surface area (Å²) < 4.78 is 0. The van der Waals surface area contributed by atoms with Crippen LogP contribution < -0.4 is 10.9 Å². The van der Waals surface area contributed by atoms with Gasteiger partial charge in [0.15, 0.2) is 0 Å². The van der Waals surface area contributed by atoms with Crippen molar-refractivity contribution >= 4 is 35.0 Å². The van der Waals surface area contributed by atoms with Crippen molar-refractivity contribution in [2.45, 2.75) is 109 Å². The van der Waals surface area contributed by atoms with E-state index < -0.39 is 11.8 Å². The molecule has 230 valence electrons. The molecule has 2 N–H and O–H groups in total. The number of benzene rings is 3. The second-order valence-electron chi connectivity index (χ2n) is 11.9. The van der Waals surface area contributed by atoms with Gasteiger partial charge in [0.1, 0.15) is 0 Å². The predicted molar refractivity (Wildman–Crippen MR) is 180 cm³/mol. The quantitative estimate of drug-likeness (QED) is 0.123. The number of halogens is 2. The summed E-state index contributed by atoms with van der Waals surface area (Å²) in [7, 11) is 0. The molecular formula is C37H46Cl2N2O2. The van der Waals surface area contributed by atoms with Crippen molar-refractivity contribution in [3.05, 3.63) is 93.0 Å². The Kier molecular flexibility index (Phi) is 12.5. The SMILES string of the molecule is CCCCCCCCC1(CCCCCCCC)c2ccccc2-c2cc(Cl)c(C(=O)NNC(=O)c3ccccc3)c(Cl)c21. The number of unbranched alkanes of at least 4 members (excludes halogenated alkanes) is 10. The number of nitrogens with one attached hydrogen (secondary N) is 2. The smallest absolute Gasteiger partial charge is 0.267 e. The summed E-state index contributed by atoms with van der Waals surface area (Å²) in [4.78, 5) is 26.2. The summed E-state index contributed by atoms with van der Waals surface area (Å²) in [5.74, 6) is -0.929. The summed E-state index contributed by atoms with van der Waals surface area (Å²) in [5, 5.41) is 0.669. The molecular weight excluding hydrogens is 575 g/mol. The van der Waals surface area contributed by atoms with Gasteiger partial charge in [0, 0.05) is 11.0 Å². The molecule has 43 heavy (non-hydrogen) atoms. The first-order chi connectivity index (χ1) is 20.9. The molecule has 0 spiro atoms. The molecule has 0 radical (unpaired) electrons. The third-order valence-corrected chi connectivity index (χ3v) is 9.57. The van der Waals surface area contributed by atoms with Crippen LogP contribution in [-0.2, 0) is 5.41 Å². The highest BCUT2D eigenvalue weighted by atomic mass is 35.5. The number of hydrogen-bond acceptors (Lipinski definition) is 2. The van der Waals surface area contributed by atoms with Gasteiger partial charge in [-0.05, 0) is 53.3 Å². The Morgan fingerprint density at radius 3 is 1.81 bits per heavy atom. The van der Waals surface area contributed by atoms with Gasteiger partial charge in [-0.25, -0.2) is 0 Å². The van der Waals surface area contributed by atoms with Gasteiger partial charge in [0.2, 0.25) is 0 Å². The van der Waals surface area contributed by atoms with Crippen LogP contribution in [-0.4, -0.2) is 11.8 Å². The molecule has 1 aliphatic rings. The minimum Gasteiger partial charge on any atom is -0.267 e. The molecule has 6 heteroatoms. The lowest BCUT2D eigenvalue weighted by atomic mass is 9.70. The highest BCUT2D eigenvalue weighted by Crippen LogP contribution is 2.57. The van der Waals surface area contributed by atoms with Crippen molar-refractivity contribution in [3.8, 4) is 11.1 Å². The first-order valence-electron chi connectivity index (χ1n) is 16.2. The van der Waals surface area contributed by atoms with Crippen LogP contribution in [0.1, 0.15) is 136 Å². The lowest BCUT2D eigenvalue weighted by molar-refractivity contribution is 0.0846. The monoisotopic (exact) mass is 620 g/mol. The summed E-state index contributed by atoms with van der Waals surface area (Å²) in [6, 6.07) is 19.2. The van der Waals surface area contributed by atoms with E-state index >= 15 is 0 Å². The maximum Gasteiger partial charge on any atom is 0.272 e. The molecule has 3 aromatic rings. The Labute approximate surface area is 267 Å². The predicted octanol–water partition coefficient (Wildman–Crippen LogP) is 10.8. The molecule has 2 amide bonds. The van der Waals surface area contributed by atoms with Crippen molar-refractivity contribution in [1.29, 1.82) is 0 Å². The minimum absolute atomic E-state index is 0.207. The summed E-state index contributed by atoms with van der Waals surface area (Å²) >= 11 is 14.1. The number of hydrazine groups is 1. The standard InChI is InChI=1S/C37H46Cl2N2O2/c1-3-5-7-9-11-18-24-37(25-19-12-10-8-6-4-2)30-23-17-16-22-28(30)29-26-31(38)32(34(39)33(29)37)36(43)41-40-35(42)27-20-14-13-15-21-27/h13-17,20-23,26H,3-12,18-19,24-25H2,1-2H3,(H,40,42)(H,41,43).